The van der Waals surface area contributed by atoms with Crippen molar-refractivity contribution in [1.29, 1.82) is 0 Å². The number of nitrogens with zero attached hydrogens (tertiary/aromatic N) is 2. The predicted molar refractivity (Wildman–Crippen MR) is 62.5 cm³/mol. The van der Waals surface area contributed by atoms with Gasteiger partial charge < -0.3 is 10.1 Å². The smallest absolute Gasteiger partial charge is 0.217 e. The molecule has 1 aromatic heterocycles. The number of thioether (sulfide) groups is 1. The Labute approximate surface area is 94.8 Å². The molecule has 0 saturated heterocycles. The lowest BCUT2D eigenvalue weighted by molar-refractivity contribution is 0.301. The fourth-order valence-electron chi connectivity index (χ4n) is 1.04. The van der Waals surface area contributed by atoms with E-state index >= 15 is 0 Å². The van der Waals surface area contributed by atoms with E-state index in [1.54, 1.807) is 11.8 Å². The van der Waals surface area contributed by atoms with Gasteiger partial charge in [-0.1, -0.05) is 6.92 Å². The van der Waals surface area contributed by atoms with Gasteiger partial charge in [0.2, 0.25) is 5.88 Å². The number of aromatic nitrogens is 2. The van der Waals surface area contributed by atoms with E-state index in [4.69, 9.17) is 4.74 Å². The van der Waals surface area contributed by atoms with Gasteiger partial charge >= 0.3 is 0 Å². The van der Waals surface area contributed by atoms with Crippen molar-refractivity contribution in [3.8, 4) is 5.88 Å². The first-order valence-corrected chi connectivity index (χ1v) is 6.29. The molecule has 0 spiro atoms. The van der Waals surface area contributed by atoms with Gasteiger partial charge in [0.15, 0.2) is 0 Å². The minimum atomic E-state index is 0.644. The maximum Gasteiger partial charge on any atom is 0.217 e. The van der Waals surface area contributed by atoms with Crippen molar-refractivity contribution in [2.45, 2.75) is 18.4 Å². The molecule has 5 heteroatoms. The standard InChI is InChI=1S/C10H17N3OS/c1-3-4-11-5-6-14-9-7-10(15-2)13-8-12-9/h7-8,11H,3-6H2,1-2H3. The topological polar surface area (TPSA) is 47.0 Å². The summed E-state index contributed by atoms with van der Waals surface area (Å²) in [6.45, 7) is 4.67. The van der Waals surface area contributed by atoms with Crippen molar-refractivity contribution in [3.63, 3.8) is 0 Å². The van der Waals surface area contributed by atoms with E-state index in [9.17, 15) is 0 Å². The molecule has 15 heavy (non-hydrogen) atoms. The van der Waals surface area contributed by atoms with Gasteiger partial charge in [-0.15, -0.1) is 11.8 Å². The van der Waals surface area contributed by atoms with Gasteiger partial charge in [-0.3, -0.25) is 0 Å². The van der Waals surface area contributed by atoms with E-state index in [1.807, 2.05) is 12.3 Å². The highest BCUT2D eigenvalue weighted by atomic mass is 32.2. The van der Waals surface area contributed by atoms with Crippen LogP contribution in [0.3, 0.4) is 0 Å². The van der Waals surface area contributed by atoms with Crippen molar-refractivity contribution in [2.75, 3.05) is 26.0 Å². The third kappa shape index (κ3) is 4.99. The molecule has 84 valence electrons. The molecule has 0 amide bonds. The number of hydrogen-bond donors (Lipinski definition) is 1. The zero-order valence-electron chi connectivity index (χ0n) is 9.19. The van der Waals surface area contributed by atoms with E-state index in [-0.39, 0.29) is 0 Å². The van der Waals surface area contributed by atoms with Crippen LogP contribution in [0.2, 0.25) is 0 Å². The maximum atomic E-state index is 5.47. The van der Waals surface area contributed by atoms with Crippen molar-refractivity contribution in [1.82, 2.24) is 15.3 Å². The molecule has 0 saturated carbocycles. The van der Waals surface area contributed by atoms with E-state index in [0.29, 0.717) is 12.5 Å². The first-order chi connectivity index (χ1) is 7.36. The summed E-state index contributed by atoms with van der Waals surface area (Å²) >= 11 is 1.58. The van der Waals surface area contributed by atoms with Crippen LogP contribution >= 0.6 is 11.8 Å². The Balaban J connectivity index is 2.24. The highest BCUT2D eigenvalue weighted by Crippen LogP contribution is 2.14. The van der Waals surface area contributed by atoms with Crippen LogP contribution in [0.1, 0.15) is 13.3 Å². The molecule has 0 fully saturated rings. The van der Waals surface area contributed by atoms with Gasteiger partial charge in [0.25, 0.3) is 0 Å². The zero-order chi connectivity index (χ0) is 10.9. The molecule has 0 aliphatic carbocycles. The second kappa shape index (κ2) is 7.48. The van der Waals surface area contributed by atoms with Crippen LogP contribution in [0.25, 0.3) is 0 Å². The molecule has 0 unspecified atom stereocenters. The minimum absolute atomic E-state index is 0.644. The lowest BCUT2D eigenvalue weighted by Crippen LogP contribution is -2.21. The Kier molecular flexibility index (Phi) is 6.11. The van der Waals surface area contributed by atoms with Gasteiger partial charge in [-0.2, -0.15) is 0 Å². The fourth-order valence-corrected chi connectivity index (χ4v) is 1.41. The largest absolute Gasteiger partial charge is 0.476 e. The predicted octanol–water partition coefficient (Wildman–Crippen LogP) is 1.58. The van der Waals surface area contributed by atoms with Gasteiger partial charge in [-0.05, 0) is 19.2 Å². The molecule has 0 aliphatic rings. The molecule has 0 aromatic carbocycles. The Morgan fingerprint density at radius 3 is 3.00 bits per heavy atom. The first-order valence-electron chi connectivity index (χ1n) is 5.06. The average molecular weight is 227 g/mol. The Hall–Kier alpha value is -0.810. The minimum Gasteiger partial charge on any atom is -0.476 e. The molecule has 1 N–H and O–H groups in total. The summed E-state index contributed by atoms with van der Waals surface area (Å²) in [5.74, 6) is 0.646. The highest BCUT2D eigenvalue weighted by molar-refractivity contribution is 7.98. The van der Waals surface area contributed by atoms with E-state index < -0.39 is 0 Å². The SMILES string of the molecule is CCCNCCOc1cc(SC)ncn1. The summed E-state index contributed by atoms with van der Waals surface area (Å²) in [5.41, 5.74) is 0. The second-order valence-corrected chi connectivity index (χ2v) is 3.82. The lowest BCUT2D eigenvalue weighted by Gasteiger charge is -2.06. The summed E-state index contributed by atoms with van der Waals surface area (Å²) in [5, 5.41) is 4.19. The Bertz CT molecular complexity index is 283. The first kappa shape index (κ1) is 12.3. The quantitative estimate of drug-likeness (QED) is 0.435. The summed E-state index contributed by atoms with van der Waals surface area (Å²) in [4.78, 5) is 8.10. The van der Waals surface area contributed by atoms with Gasteiger partial charge in [0.1, 0.15) is 18.0 Å². The van der Waals surface area contributed by atoms with Crippen molar-refractivity contribution in [2.24, 2.45) is 0 Å². The molecule has 0 aliphatic heterocycles. The summed E-state index contributed by atoms with van der Waals surface area (Å²) in [7, 11) is 0. The average Bonchev–Trinajstić information content (AvgIpc) is 2.29. The molecule has 0 atom stereocenters. The van der Waals surface area contributed by atoms with Crippen LogP contribution in [0.15, 0.2) is 17.4 Å². The number of hydrogen-bond acceptors (Lipinski definition) is 5. The van der Waals surface area contributed by atoms with Crippen molar-refractivity contribution >= 4 is 11.8 Å². The Morgan fingerprint density at radius 2 is 2.27 bits per heavy atom. The van der Waals surface area contributed by atoms with Crippen LogP contribution < -0.4 is 10.1 Å². The Morgan fingerprint density at radius 1 is 1.40 bits per heavy atom. The molecular weight excluding hydrogens is 210 g/mol. The molecule has 0 bridgehead atoms. The summed E-state index contributed by atoms with van der Waals surface area (Å²) < 4.78 is 5.47. The normalized spacial score (nSPS) is 10.3. The van der Waals surface area contributed by atoms with Crippen molar-refractivity contribution < 1.29 is 4.74 Å². The van der Waals surface area contributed by atoms with E-state index in [1.165, 1.54) is 6.33 Å². The van der Waals surface area contributed by atoms with Crippen LogP contribution in [0, 0.1) is 0 Å². The zero-order valence-corrected chi connectivity index (χ0v) is 10.0. The van der Waals surface area contributed by atoms with Gasteiger partial charge in [0, 0.05) is 12.6 Å². The summed E-state index contributed by atoms with van der Waals surface area (Å²) in [6, 6.07) is 1.85. The van der Waals surface area contributed by atoms with Crippen LogP contribution in [-0.2, 0) is 0 Å². The second-order valence-electron chi connectivity index (χ2n) is 3.00. The lowest BCUT2D eigenvalue weighted by atomic mass is 10.5. The third-order valence-corrected chi connectivity index (χ3v) is 2.42. The molecule has 4 nitrogen and oxygen atoms in total. The monoisotopic (exact) mass is 227 g/mol. The number of ether oxygens (including phenoxy) is 1. The van der Waals surface area contributed by atoms with Crippen molar-refractivity contribution in [3.05, 3.63) is 12.4 Å². The third-order valence-electron chi connectivity index (χ3n) is 1.78. The highest BCUT2D eigenvalue weighted by Gasteiger charge is 1.97. The fraction of sp³-hybridized carbons (Fsp3) is 0.600. The van der Waals surface area contributed by atoms with E-state index in [0.717, 1.165) is 24.5 Å². The molecule has 1 rings (SSSR count). The molecular formula is C10H17N3OS. The van der Waals surface area contributed by atoms with Crippen LogP contribution in [0.4, 0.5) is 0 Å². The maximum absolute atomic E-state index is 5.47. The van der Waals surface area contributed by atoms with Gasteiger partial charge in [-0.25, -0.2) is 9.97 Å². The molecule has 1 aromatic rings. The van der Waals surface area contributed by atoms with Crippen LogP contribution in [0.5, 0.6) is 5.88 Å². The number of nitrogens with one attached hydrogen (secondary N) is 1. The molecule has 0 radical (unpaired) electrons. The van der Waals surface area contributed by atoms with Crippen LogP contribution in [-0.4, -0.2) is 35.9 Å². The van der Waals surface area contributed by atoms with E-state index in [2.05, 4.69) is 22.2 Å². The molecule has 1 heterocycles. The van der Waals surface area contributed by atoms with Gasteiger partial charge in [0.05, 0.1) is 0 Å². The number of rotatable bonds is 7. The summed E-state index contributed by atoms with van der Waals surface area (Å²) in [6.07, 6.45) is 4.65.